The SMILES string of the molecule is CCCCC/C=C\C/C=C\C/C=C\C/C=C\CCCC(=O)O[C@H](COC(=O)CCCCCCCCCCCCCCCCCC)COP(=O)(O)OC1C(O)C(O)C(O)[C@@H](O)C1O. The number of aliphatic hydroxyl groups is 5. The van der Waals surface area contributed by atoms with Crippen LogP contribution in [0.5, 0.6) is 0 Å². The highest BCUT2D eigenvalue weighted by atomic mass is 31.2. The second-order valence-corrected chi connectivity index (χ2v) is 18.0. The van der Waals surface area contributed by atoms with Crippen molar-refractivity contribution >= 4 is 19.8 Å². The van der Waals surface area contributed by atoms with E-state index in [1.807, 2.05) is 12.2 Å². The van der Waals surface area contributed by atoms with Crippen LogP contribution in [0.2, 0.25) is 0 Å². The van der Waals surface area contributed by atoms with E-state index in [1.54, 1.807) is 0 Å². The second kappa shape index (κ2) is 38.1. The lowest BCUT2D eigenvalue weighted by Gasteiger charge is -2.41. The van der Waals surface area contributed by atoms with E-state index in [0.29, 0.717) is 19.3 Å². The highest BCUT2D eigenvalue weighted by Crippen LogP contribution is 2.47. The Bertz CT molecular complexity index is 1270. The Morgan fingerprint density at radius 1 is 0.500 bits per heavy atom. The molecule has 1 fully saturated rings. The van der Waals surface area contributed by atoms with Crippen LogP contribution >= 0.6 is 7.82 Å². The summed E-state index contributed by atoms with van der Waals surface area (Å²) in [6, 6.07) is 0. The minimum absolute atomic E-state index is 0.0213. The number of phosphoric ester groups is 1. The van der Waals surface area contributed by atoms with Crippen molar-refractivity contribution in [2.24, 2.45) is 0 Å². The van der Waals surface area contributed by atoms with Crippen LogP contribution in [0.25, 0.3) is 0 Å². The lowest BCUT2D eigenvalue weighted by molar-refractivity contribution is -0.220. The minimum Gasteiger partial charge on any atom is -0.462 e. The summed E-state index contributed by atoms with van der Waals surface area (Å²) in [6.45, 7) is 3.24. The van der Waals surface area contributed by atoms with E-state index in [2.05, 4.69) is 50.3 Å². The Morgan fingerprint density at radius 2 is 0.887 bits per heavy atom. The lowest BCUT2D eigenvalue weighted by atomic mass is 9.85. The van der Waals surface area contributed by atoms with Gasteiger partial charge in [-0.25, -0.2) is 4.57 Å². The van der Waals surface area contributed by atoms with Crippen LogP contribution in [-0.4, -0.2) is 98.3 Å². The van der Waals surface area contributed by atoms with Crippen LogP contribution in [-0.2, 0) is 32.7 Å². The summed E-state index contributed by atoms with van der Waals surface area (Å²) in [7, 11) is -5.13. The summed E-state index contributed by atoms with van der Waals surface area (Å²) in [5.41, 5.74) is 0. The highest BCUT2D eigenvalue weighted by molar-refractivity contribution is 7.47. The Morgan fingerprint density at radius 3 is 1.37 bits per heavy atom. The molecule has 13 nitrogen and oxygen atoms in total. The fraction of sp³-hybridized carbons (Fsp3) is 0.792. The number of aliphatic hydroxyl groups excluding tert-OH is 5. The first kappa shape index (κ1) is 57.8. The lowest BCUT2D eigenvalue weighted by Crippen LogP contribution is -2.64. The van der Waals surface area contributed by atoms with E-state index in [9.17, 15) is 44.6 Å². The first-order chi connectivity index (χ1) is 29.9. The molecule has 0 aromatic carbocycles. The number of unbranched alkanes of at least 4 members (excludes halogenated alkanes) is 19. The van der Waals surface area contributed by atoms with E-state index in [0.717, 1.165) is 44.9 Å². The molecule has 0 aromatic heterocycles. The fourth-order valence-electron chi connectivity index (χ4n) is 7.04. The van der Waals surface area contributed by atoms with Gasteiger partial charge in [0.15, 0.2) is 6.10 Å². The molecule has 0 radical (unpaired) electrons. The van der Waals surface area contributed by atoms with Crippen LogP contribution in [0.1, 0.15) is 187 Å². The third-order valence-corrected chi connectivity index (χ3v) is 11.9. The van der Waals surface area contributed by atoms with Gasteiger partial charge in [-0.3, -0.25) is 18.6 Å². The molecule has 1 aliphatic rings. The topological polar surface area (TPSA) is 210 Å². The Hall–Kier alpha value is -2.19. The monoisotopic (exact) mass is 901 g/mol. The first-order valence-corrected chi connectivity index (χ1v) is 25.4. The molecule has 62 heavy (non-hydrogen) atoms. The summed E-state index contributed by atoms with van der Waals surface area (Å²) in [5.74, 6) is -1.16. The van der Waals surface area contributed by atoms with Gasteiger partial charge in [-0.15, -0.1) is 0 Å². The van der Waals surface area contributed by atoms with Gasteiger partial charge in [0.2, 0.25) is 0 Å². The third kappa shape index (κ3) is 30.0. The standard InChI is InChI=1S/C48H85O13P/c1-3-5-7-9-11-13-15-17-19-21-23-25-27-29-31-33-35-37-42(50)60-40(39-59-62(56,57)61-48-46(54)44(52)43(51)45(53)47(48)55)38-58-41(49)36-34-32-30-28-26-24-22-20-18-16-14-12-10-8-6-4-2/h11,13,17,19,23,25,29,31,40,43-48,51-55H,3-10,12,14-16,18,20-22,24,26-28,30,32-39H2,1-2H3,(H,56,57)/b13-11-,19-17-,25-23-,31-29-/t40-,43?,44-,45?,46?,47?,48?/m1/s1. The van der Waals surface area contributed by atoms with Crippen LogP contribution < -0.4 is 0 Å². The molecular formula is C48H85O13P. The number of ether oxygens (including phenoxy) is 2. The van der Waals surface area contributed by atoms with Crippen molar-refractivity contribution in [3.8, 4) is 0 Å². The average Bonchev–Trinajstić information content (AvgIpc) is 3.25. The van der Waals surface area contributed by atoms with Crippen molar-refractivity contribution in [1.82, 2.24) is 0 Å². The van der Waals surface area contributed by atoms with E-state index in [4.69, 9.17) is 18.5 Å². The smallest absolute Gasteiger partial charge is 0.462 e. The van der Waals surface area contributed by atoms with Crippen LogP contribution in [0, 0.1) is 0 Å². The summed E-state index contributed by atoms with van der Waals surface area (Å²) >= 11 is 0. The van der Waals surface area contributed by atoms with Gasteiger partial charge in [-0.2, -0.15) is 0 Å². The minimum atomic E-state index is -5.13. The van der Waals surface area contributed by atoms with Gasteiger partial charge in [0.25, 0.3) is 0 Å². The molecule has 0 heterocycles. The molecule has 8 atom stereocenters. The maximum atomic E-state index is 12.8. The maximum Gasteiger partial charge on any atom is 0.472 e. The first-order valence-electron chi connectivity index (χ1n) is 23.9. The number of allylic oxidation sites excluding steroid dienone is 8. The van der Waals surface area contributed by atoms with E-state index in [1.165, 1.54) is 96.3 Å². The number of rotatable bonds is 39. The third-order valence-electron chi connectivity index (χ3n) is 10.9. The van der Waals surface area contributed by atoms with Crippen molar-refractivity contribution in [3.63, 3.8) is 0 Å². The Balaban J connectivity index is 2.48. The zero-order chi connectivity index (χ0) is 45.7. The van der Waals surface area contributed by atoms with Gasteiger partial charge in [-0.05, 0) is 51.4 Å². The molecule has 1 saturated carbocycles. The molecule has 360 valence electrons. The Kier molecular flexibility index (Phi) is 35.5. The molecule has 1 rings (SSSR count). The van der Waals surface area contributed by atoms with Gasteiger partial charge in [0.1, 0.15) is 43.2 Å². The predicted octanol–water partition coefficient (Wildman–Crippen LogP) is 9.56. The van der Waals surface area contributed by atoms with Crippen molar-refractivity contribution < 1.29 is 63.1 Å². The second-order valence-electron chi connectivity index (χ2n) is 16.6. The summed E-state index contributed by atoms with van der Waals surface area (Å²) < 4.78 is 33.5. The van der Waals surface area contributed by atoms with Gasteiger partial charge >= 0.3 is 19.8 Å². The molecule has 14 heteroatoms. The number of hydrogen-bond acceptors (Lipinski definition) is 12. The molecular weight excluding hydrogens is 815 g/mol. The number of hydrogen-bond donors (Lipinski definition) is 6. The van der Waals surface area contributed by atoms with Gasteiger partial charge in [0.05, 0.1) is 6.61 Å². The molecule has 0 spiro atoms. The fourth-order valence-corrected chi connectivity index (χ4v) is 8.02. The van der Waals surface area contributed by atoms with E-state index >= 15 is 0 Å². The van der Waals surface area contributed by atoms with Gasteiger partial charge < -0.3 is 39.9 Å². The number of carbonyl (C=O) groups excluding carboxylic acids is 2. The summed E-state index contributed by atoms with van der Waals surface area (Å²) in [4.78, 5) is 35.7. The predicted molar refractivity (Wildman–Crippen MR) is 244 cm³/mol. The average molecular weight is 901 g/mol. The normalized spacial score (nSPS) is 22.3. The zero-order valence-corrected chi connectivity index (χ0v) is 39.0. The van der Waals surface area contributed by atoms with E-state index in [-0.39, 0.29) is 12.8 Å². The molecule has 6 unspecified atom stereocenters. The van der Waals surface area contributed by atoms with Crippen LogP contribution in [0.3, 0.4) is 0 Å². The van der Waals surface area contributed by atoms with Crippen LogP contribution in [0.4, 0.5) is 0 Å². The molecule has 0 aromatic rings. The number of esters is 2. The van der Waals surface area contributed by atoms with E-state index < -0.39 is 75.7 Å². The maximum absolute atomic E-state index is 12.8. The van der Waals surface area contributed by atoms with Crippen molar-refractivity contribution in [2.45, 2.75) is 230 Å². The largest absolute Gasteiger partial charge is 0.472 e. The number of phosphoric acid groups is 1. The summed E-state index contributed by atoms with van der Waals surface area (Å²) in [5, 5.41) is 50.2. The number of carbonyl (C=O) groups is 2. The molecule has 0 amide bonds. The summed E-state index contributed by atoms with van der Waals surface area (Å²) in [6.07, 6.45) is 31.7. The molecule has 0 aliphatic heterocycles. The molecule has 1 aliphatic carbocycles. The molecule has 0 saturated heterocycles. The Labute approximate surface area is 373 Å². The zero-order valence-electron chi connectivity index (χ0n) is 38.2. The molecule has 0 bridgehead atoms. The van der Waals surface area contributed by atoms with Crippen molar-refractivity contribution in [2.75, 3.05) is 13.2 Å². The van der Waals surface area contributed by atoms with Crippen molar-refractivity contribution in [1.29, 1.82) is 0 Å². The van der Waals surface area contributed by atoms with Crippen LogP contribution in [0.15, 0.2) is 48.6 Å². The molecule has 6 N–H and O–H groups in total. The van der Waals surface area contributed by atoms with Gasteiger partial charge in [-0.1, -0.05) is 172 Å². The van der Waals surface area contributed by atoms with Gasteiger partial charge in [0, 0.05) is 12.8 Å². The quantitative estimate of drug-likeness (QED) is 0.0147. The highest BCUT2D eigenvalue weighted by Gasteiger charge is 2.51. The van der Waals surface area contributed by atoms with Crippen molar-refractivity contribution in [3.05, 3.63) is 48.6 Å².